The molecule has 0 aliphatic carbocycles. The summed E-state index contributed by atoms with van der Waals surface area (Å²) in [6, 6.07) is 0. The molecule has 0 spiro atoms. The summed E-state index contributed by atoms with van der Waals surface area (Å²) in [7, 11) is 0. The minimum atomic E-state index is -0.313. The van der Waals surface area contributed by atoms with Crippen LogP contribution in [0, 0.1) is 0 Å². The van der Waals surface area contributed by atoms with Crippen LogP contribution in [-0.2, 0) is 19.1 Å². The lowest BCUT2D eigenvalue weighted by Gasteiger charge is -2.16. The van der Waals surface area contributed by atoms with Gasteiger partial charge in [-0.3, -0.25) is 9.59 Å². The molecular weight excluding hydrogens is 448 g/mol. The van der Waals surface area contributed by atoms with Crippen molar-refractivity contribution in [2.75, 3.05) is 6.61 Å². The fourth-order valence-electron chi connectivity index (χ4n) is 4.61. The number of carbonyl (C=O) groups excluding carboxylic acids is 2. The Morgan fingerprint density at radius 2 is 0.806 bits per heavy atom. The first-order chi connectivity index (χ1) is 17.6. The van der Waals surface area contributed by atoms with Crippen molar-refractivity contribution in [3.05, 3.63) is 0 Å². The third-order valence-corrected chi connectivity index (χ3v) is 7.15. The molecule has 36 heavy (non-hydrogen) atoms. The first-order valence-corrected chi connectivity index (χ1v) is 16.0. The van der Waals surface area contributed by atoms with E-state index in [-0.39, 0.29) is 24.6 Å². The minimum absolute atomic E-state index is 0.154. The van der Waals surface area contributed by atoms with E-state index in [1.54, 1.807) is 0 Å². The lowest BCUT2D eigenvalue weighted by atomic mass is 10.1. The predicted octanol–water partition coefficient (Wildman–Crippen LogP) is 10.3. The number of rotatable bonds is 28. The van der Waals surface area contributed by atoms with Gasteiger partial charge in [-0.1, -0.05) is 149 Å². The van der Waals surface area contributed by atoms with Crippen LogP contribution in [0.4, 0.5) is 0 Å². The van der Waals surface area contributed by atoms with Crippen molar-refractivity contribution in [1.82, 2.24) is 0 Å². The topological polar surface area (TPSA) is 52.6 Å². The number of carbonyl (C=O) groups is 2. The molecule has 214 valence electrons. The molecule has 0 aromatic rings. The second kappa shape index (κ2) is 28.5. The first kappa shape index (κ1) is 34.9. The summed E-state index contributed by atoms with van der Waals surface area (Å²) in [6.45, 7) is 6.68. The molecule has 0 radical (unpaired) electrons. The van der Waals surface area contributed by atoms with Crippen molar-refractivity contribution in [3.63, 3.8) is 0 Å². The lowest BCUT2D eigenvalue weighted by Crippen LogP contribution is -2.24. The highest BCUT2D eigenvalue weighted by Gasteiger charge is 2.15. The normalized spacial score (nSPS) is 12.0. The van der Waals surface area contributed by atoms with Gasteiger partial charge in [-0.2, -0.15) is 0 Å². The van der Waals surface area contributed by atoms with Crippen LogP contribution in [0.2, 0.25) is 0 Å². The molecule has 0 saturated carbocycles. The highest BCUT2D eigenvalue weighted by molar-refractivity contribution is 5.70. The van der Waals surface area contributed by atoms with Gasteiger partial charge in [0.25, 0.3) is 0 Å². The van der Waals surface area contributed by atoms with Gasteiger partial charge in [0, 0.05) is 12.8 Å². The van der Waals surface area contributed by atoms with E-state index in [4.69, 9.17) is 9.47 Å². The fourth-order valence-corrected chi connectivity index (χ4v) is 4.61. The number of esters is 2. The number of hydrogen-bond acceptors (Lipinski definition) is 4. The molecule has 0 heterocycles. The molecule has 0 unspecified atom stereocenters. The maximum atomic E-state index is 12.1. The first-order valence-electron chi connectivity index (χ1n) is 16.0. The molecule has 0 bridgehead atoms. The summed E-state index contributed by atoms with van der Waals surface area (Å²) < 4.78 is 10.9. The second-order valence-electron chi connectivity index (χ2n) is 10.8. The zero-order valence-electron chi connectivity index (χ0n) is 24.6. The Balaban J connectivity index is 3.57. The standard InChI is InChI=1S/C32H62O4/c1-4-7-9-11-13-15-17-19-21-23-25-27-31(33)35-29-30(6-3)36-32(34)28-26-24-22-20-18-16-14-12-10-8-5-2/h30H,4-29H2,1-3H3/t30-/m1/s1. The summed E-state index contributed by atoms with van der Waals surface area (Å²) in [5.74, 6) is -0.315. The van der Waals surface area contributed by atoms with Crippen LogP contribution in [0.3, 0.4) is 0 Å². The molecule has 4 nitrogen and oxygen atoms in total. The molecule has 1 atom stereocenters. The number of ether oxygens (including phenoxy) is 2. The average molecular weight is 511 g/mol. The molecule has 0 aromatic carbocycles. The second-order valence-corrected chi connectivity index (χ2v) is 10.8. The van der Waals surface area contributed by atoms with Gasteiger partial charge in [-0.05, 0) is 19.3 Å². The van der Waals surface area contributed by atoms with Gasteiger partial charge in [0.1, 0.15) is 12.7 Å². The van der Waals surface area contributed by atoms with Crippen LogP contribution in [0.15, 0.2) is 0 Å². The molecular formula is C32H62O4. The smallest absolute Gasteiger partial charge is 0.306 e. The molecule has 0 aliphatic heterocycles. The maximum Gasteiger partial charge on any atom is 0.306 e. The van der Waals surface area contributed by atoms with Crippen molar-refractivity contribution in [3.8, 4) is 0 Å². The highest BCUT2D eigenvalue weighted by Crippen LogP contribution is 2.14. The van der Waals surface area contributed by atoms with Crippen molar-refractivity contribution < 1.29 is 19.1 Å². The minimum Gasteiger partial charge on any atom is -0.462 e. The van der Waals surface area contributed by atoms with E-state index in [2.05, 4.69) is 13.8 Å². The van der Waals surface area contributed by atoms with E-state index < -0.39 is 0 Å². The van der Waals surface area contributed by atoms with Gasteiger partial charge in [0.2, 0.25) is 0 Å². The number of hydrogen-bond donors (Lipinski definition) is 0. The van der Waals surface area contributed by atoms with E-state index in [1.807, 2.05) is 6.92 Å². The van der Waals surface area contributed by atoms with Crippen LogP contribution >= 0.6 is 0 Å². The van der Waals surface area contributed by atoms with E-state index in [1.165, 1.54) is 116 Å². The molecule has 0 amide bonds. The largest absolute Gasteiger partial charge is 0.462 e. The van der Waals surface area contributed by atoms with E-state index >= 15 is 0 Å². The monoisotopic (exact) mass is 510 g/mol. The van der Waals surface area contributed by atoms with Gasteiger partial charge >= 0.3 is 11.9 Å². The molecule has 0 aromatic heterocycles. The maximum absolute atomic E-state index is 12.1. The Morgan fingerprint density at radius 3 is 1.17 bits per heavy atom. The Morgan fingerprint density at radius 1 is 0.472 bits per heavy atom. The van der Waals surface area contributed by atoms with Crippen LogP contribution < -0.4 is 0 Å². The van der Waals surface area contributed by atoms with Crippen LogP contribution in [-0.4, -0.2) is 24.6 Å². The van der Waals surface area contributed by atoms with Crippen LogP contribution in [0.25, 0.3) is 0 Å². The van der Waals surface area contributed by atoms with Crippen LogP contribution in [0.5, 0.6) is 0 Å². The number of unbranched alkanes of at least 4 members (excludes halogenated alkanes) is 20. The summed E-state index contributed by atoms with van der Waals surface area (Å²) in [6.07, 6.45) is 29.2. The quantitative estimate of drug-likeness (QED) is 0.0775. The average Bonchev–Trinajstić information content (AvgIpc) is 2.88. The molecule has 0 rings (SSSR count). The van der Waals surface area contributed by atoms with E-state index in [0.29, 0.717) is 19.3 Å². The summed E-state index contributed by atoms with van der Waals surface area (Å²) in [4.78, 5) is 24.2. The van der Waals surface area contributed by atoms with Gasteiger partial charge < -0.3 is 9.47 Å². The van der Waals surface area contributed by atoms with Crippen molar-refractivity contribution in [2.24, 2.45) is 0 Å². The Bertz CT molecular complexity index is 477. The van der Waals surface area contributed by atoms with Gasteiger partial charge in [-0.15, -0.1) is 0 Å². The molecule has 0 saturated heterocycles. The zero-order chi connectivity index (χ0) is 26.5. The van der Waals surface area contributed by atoms with Crippen molar-refractivity contribution >= 4 is 11.9 Å². The summed E-state index contributed by atoms with van der Waals surface area (Å²) in [5, 5.41) is 0. The molecule has 0 fully saturated rings. The fraction of sp³-hybridized carbons (Fsp3) is 0.938. The molecule has 0 N–H and O–H groups in total. The third kappa shape index (κ3) is 26.0. The Labute approximate surface area is 225 Å². The van der Waals surface area contributed by atoms with Crippen molar-refractivity contribution in [1.29, 1.82) is 0 Å². The summed E-state index contributed by atoms with van der Waals surface area (Å²) >= 11 is 0. The van der Waals surface area contributed by atoms with E-state index in [9.17, 15) is 9.59 Å². The SMILES string of the molecule is CCCCCCCCCCCCCC(=O)OC[C@@H](CC)OC(=O)CCCCCCCCCCCCC. The van der Waals surface area contributed by atoms with Crippen molar-refractivity contribution in [2.45, 2.75) is 187 Å². The van der Waals surface area contributed by atoms with Gasteiger partial charge in [-0.25, -0.2) is 0 Å². The Kier molecular flexibility index (Phi) is 27.7. The van der Waals surface area contributed by atoms with E-state index in [0.717, 1.165) is 25.7 Å². The molecule has 4 heteroatoms. The Hall–Kier alpha value is -1.06. The van der Waals surface area contributed by atoms with Gasteiger partial charge in [0.05, 0.1) is 0 Å². The zero-order valence-corrected chi connectivity index (χ0v) is 24.6. The third-order valence-electron chi connectivity index (χ3n) is 7.15. The lowest BCUT2D eigenvalue weighted by molar-refractivity contribution is -0.159. The summed E-state index contributed by atoms with van der Waals surface area (Å²) in [5.41, 5.74) is 0. The van der Waals surface area contributed by atoms with Gasteiger partial charge in [0.15, 0.2) is 0 Å². The molecule has 0 aliphatic rings. The highest BCUT2D eigenvalue weighted by atomic mass is 16.6. The van der Waals surface area contributed by atoms with Crippen LogP contribution in [0.1, 0.15) is 181 Å². The predicted molar refractivity (Wildman–Crippen MR) is 153 cm³/mol.